The average Bonchev–Trinajstić information content (AvgIpc) is 2.21. The number of rotatable bonds is 4. The molecule has 0 aliphatic heterocycles. The first-order chi connectivity index (χ1) is 7.92. The maximum atomic E-state index is 8.69. The van der Waals surface area contributed by atoms with Crippen LogP contribution in [0.4, 0.5) is 11.4 Å². The van der Waals surface area contributed by atoms with Gasteiger partial charge in [0.15, 0.2) is 0 Å². The molecule has 3 nitrogen and oxygen atoms in total. The maximum Gasteiger partial charge on any atom is 0.0670 e. The van der Waals surface area contributed by atoms with E-state index in [0.29, 0.717) is 17.5 Å². The van der Waals surface area contributed by atoms with Gasteiger partial charge in [-0.1, -0.05) is 20.8 Å². The van der Waals surface area contributed by atoms with Crippen molar-refractivity contribution < 1.29 is 0 Å². The first-order valence-electron chi connectivity index (χ1n) is 5.91. The van der Waals surface area contributed by atoms with E-state index in [4.69, 9.17) is 11.0 Å². The Bertz CT molecular complexity index is 410. The van der Waals surface area contributed by atoms with E-state index >= 15 is 0 Å². The fraction of sp³-hybridized carbons (Fsp3) is 0.500. The van der Waals surface area contributed by atoms with Crippen LogP contribution >= 0.6 is 0 Å². The summed E-state index contributed by atoms with van der Waals surface area (Å²) in [7, 11) is 0. The van der Waals surface area contributed by atoms with Gasteiger partial charge >= 0.3 is 0 Å². The largest absolute Gasteiger partial charge is 0.398 e. The summed E-state index contributed by atoms with van der Waals surface area (Å²) < 4.78 is 0. The summed E-state index contributed by atoms with van der Waals surface area (Å²) >= 11 is 0. The van der Waals surface area contributed by atoms with Gasteiger partial charge in [-0.25, -0.2) is 0 Å². The van der Waals surface area contributed by atoms with Gasteiger partial charge in [0.1, 0.15) is 0 Å². The second kappa shape index (κ2) is 5.58. The van der Waals surface area contributed by atoms with Crippen LogP contribution in [-0.4, -0.2) is 6.54 Å². The highest BCUT2D eigenvalue weighted by Gasteiger charge is 2.09. The van der Waals surface area contributed by atoms with Crippen LogP contribution in [0.1, 0.15) is 32.8 Å². The van der Waals surface area contributed by atoms with Gasteiger partial charge in [-0.05, 0) is 35.6 Å². The fourth-order valence-corrected chi connectivity index (χ4v) is 1.54. The Morgan fingerprint density at radius 1 is 1.35 bits per heavy atom. The molecular weight excluding hydrogens is 210 g/mol. The number of nitriles is 1. The Morgan fingerprint density at radius 3 is 2.65 bits per heavy atom. The molecule has 3 N–H and O–H groups in total. The van der Waals surface area contributed by atoms with Gasteiger partial charge in [-0.3, -0.25) is 0 Å². The zero-order valence-corrected chi connectivity index (χ0v) is 10.9. The summed E-state index contributed by atoms with van der Waals surface area (Å²) in [5.74, 6) is 0. The zero-order chi connectivity index (χ0) is 12.9. The summed E-state index contributed by atoms with van der Waals surface area (Å²) in [5, 5.41) is 12.1. The van der Waals surface area contributed by atoms with Gasteiger partial charge in [-0.15, -0.1) is 0 Å². The van der Waals surface area contributed by atoms with Crippen LogP contribution in [0, 0.1) is 16.7 Å². The summed E-state index contributed by atoms with van der Waals surface area (Å²) in [6.45, 7) is 7.59. The standard InChI is InChI=1S/C14H21N3/c1-14(2,3)7-9-17-12-4-5-13(16)11(10-12)6-8-15/h4-5,10,17H,6-7,9,16H2,1-3H3. The molecule has 0 aliphatic rings. The Labute approximate surface area is 104 Å². The molecule has 1 aromatic rings. The first-order valence-corrected chi connectivity index (χ1v) is 5.91. The minimum atomic E-state index is 0.330. The lowest BCUT2D eigenvalue weighted by molar-refractivity contribution is 0.390. The Balaban J connectivity index is 2.61. The molecule has 17 heavy (non-hydrogen) atoms. The van der Waals surface area contributed by atoms with Crippen molar-refractivity contribution in [1.29, 1.82) is 5.26 Å². The normalized spacial score (nSPS) is 10.9. The highest BCUT2D eigenvalue weighted by Crippen LogP contribution is 2.21. The number of nitrogens with zero attached hydrogens (tertiary/aromatic N) is 1. The molecule has 0 unspecified atom stereocenters. The molecule has 1 aromatic carbocycles. The third-order valence-corrected chi connectivity index (χ3v) is 2.62. The summed E-state index contributed by atoms with van der Waals surface area (Å²) in [4.78, 5) is 0. The van der Waals surface area contributed by atoms with Crippen molar-refractivity contribution in [3.8, 4) is 6.07 Å². The van der Waals surface area contributed by atoms with Crippen LogP contribution in [0.5, 0.6) is 0 Å². The number of nitrogens with two attached hydrogens (primary N) is 1. The minimum absolute atomic E-state index is 0.330. The van der Waals surface area contributed by atoms with Gasteiger partial charge in [-0.2, -0.15) is 5.26 Å². The Kier molecular flexibility index (Phi) is 4.39. The molecule has 92 valence electrons. The van der Waals surface area contributed by atoms with Gasteiger partial charge in [0.05, 0.1) is 12.5 Å². The molecular formula is C14H21N3. The second-order valence-corrected chi connectivity index (χ2v) is 5.49. The average molecular weight is 231 g/mol. The van der Waals surface area contributed by atoms with Gasteiger partial charge in [0.2, 0.25) is 0 Å². The number of hydrogen-bond acceptors (Lipinski definition) is 3. The van der Waals surface area contributed by atoms with Crippen LogP contribution in [0.25, 0.3) is 0 Å². The van der Waals surface area contributed by atoms with Crippen molar-refractivity contribution in [1.82, 2.24) is 0 Å². The highest BCUT2D eigenvalue weighted by molar-refractivity contribution is 5.57. The van der Waals surface area contributed by atoms with E-state index in [1.54, 1.807) is 0 Å². The van der Waals surface area contributed by atoms with E-state index in [1.807, 2.05) is 18.2 Å². The van der Waals surface area contributed by atoms with Crippen molar-refractivity contribution in [2.24, 2.45) is 5.41 Å². The number of nitrogens with one attached hydrogen (secondary N) is 1. The van der Waals surface area contributed by atoms with E-state index in [1.165, 1.54) is 0 Å². The molecule has 1 rings (SSSR count). The van der Waals surface area contributed by atoms with Crippen molar-refractivity contribution in [2.75, 3.05) is 17.6 Å². The lowest BCUT2D eigenvalue weighted by Crippen LogP contribution is -2.13. The molecule has 0 spiro atoms. The molecule has 3 heteroatoms. The lowest BCUT2D eigenvalue weighted by atomic mass is 9.92. The Morgan fingerprint density at radius 2 is 2.06 bits per heavy atom. The van der Waals surface area contributed by atoms with E-state index < -0.39 is 0 Å². The van der Waals surface area contributed by atoms with Gasteiger partial charge < -0.3 is 11.1 Å². The van der Waals surface area contributed by atoms with Crippen molar-refractivity contribution in [3.63, 3.8) is 0 Å². The van der Waals surface area contributed by atoms with E-state index in [9.17, 15) is 0 Å². The minimum Gasteiger partial charge on any atom is -0.398 e. The van der Waals surface area contributed by atoms with E-state index in [2.05, 4.69) is 32.2 Å². The monoisotopic (exact) mass is 231 g/mol. The molecule has 0 saturated heterocycles. The molecule has 0 saturated carbocycles. The summed E-state index contributed by atoms with van der Waals surface area (Å²) in [6.07, 6.45) is 1.46. The predicted molar refractivity (Wildman–Crippen MR) is 72.7 cm³/mol. The van der Waals surface area contributed by atoms with Crippen molar-refractivity contribution in [3.05, 3.63) is 23.8 Å². The zero-order valence-electron chi connectivity index (χ0n) is 10.9. The number of benzene rings is 1. The highest BCUT2D eigenvalue weighted by atomic mass is 14.9. The quantitative estimate of drug-likeness (QED) is 0.782. The molecule has 0 aromatic heterocycles. The van der Waals surface area contributed by atoms with Gasteiger partial charge in [0.25, 0.3) is 0 Å². The molecule has 0 bridgehead atoms. The van der Waals surface area contributed by atoms with Crippen LogP contribution in [-0.2, 0) is 6.42 Å². The molecule has 0 atom stereocenters. The smallest absolute Gasteiger partial charge is 0.0670 e. The van der Waals surface area contributed by atoms with E-state index in [-0.39, 0.29) is 0 Å². The van der Waals surface area contributed by atoms with Crippen LogP contribution in [0.3, 0.4) is 0 Å². The van der Waals surface area contributed by atoms with Crippen LogP contribution < -0.4 is 11.1 Å². The van der Waals surface area contributed by atoms with Crippen LogP contribution in [0.2, 0.25) is 0 Å². The Hall–Kier alpha value is -1.69. The predicted octanol–water partition coefficient (Wildman–Crippen LogP) is 3.18. The number of hydrogen-bond donors (Lipinski definition) is 2. The van der Waals surface area contributed by atoms with Crippen molar-refractivity contribution >= 4 is 11.4 Å². The number of anilines is 2. The molecule has 0 radical (unpaired) electrons. The van der Waals surface area contributed by atoms with E-state index in [0.717, 1.165) is 24.2 Å². The number of nitrogen functional groups attached to an aromatic ring is 1. The third-order valence-electron chi connectivity index (χ3n) is 2.62. The maximum absolute atomic E-state index is 8.69. The summed E-state index contributed by atoms with van der Waals surface area (Å²) in [6, 6.07) is 7.89. The van der Waals surface area contributed by atoms with Crippen molar-refractivity contribution in [2.45, 2.75) is 33.6 Å². The topological polar surface area (TPSA) is 61.8 Å². The van der Waals surface area contributed by atoms with Gasteiger partial charge in [0, 0.05) is 17.9 Å². The first kappa shape index (κ1) is 13.4. The molecule has 0 heterocycles. The lowest BCUT2D eigenvalue weighted by Gasteiger charge is -2.18. The van der Waals surface area contributed by atoms with Crippen LogP contribution in [0.15, 0.2) is 18.2 Å². The molecule has 0 aliphatic carbocycles. The fourth-order valence-electron chi connectivity index (χ4n) is 1.54. The molecule has 0 fully saturated rings. The summed E-state index contributed by atoms with van der Waals surface area (Å²) in [5.41, 5.74) is 8.74. The molecule has 0 amide bonds. The SMILES string of the molecule is CC(C)(C)CCNc1ccc(N)c(CC#N)c1. The third kappa shape index (κ3) is 4.78. The second-order valence-electron chi connectivity index (χ2n) is 5.49.